The van der Waals surface area contributed by atoms with Crippen molar-refractivity contribution in [3.63, 3.8) is 0 Å². The first-order valence-corrected chi connectivity index (χ1v) is 17.7. The van der Waals surface area contributed by atoms with Gasteiger partial charge in [-0.15, -0.1) is 0 Å². The molecule has 0 saturated heterocycles. The van der Waals surface area contributed by atoms with Gasteiger partial charge in [-0.25, -0.2) is 0 Å². The molecule has 7 aromatic rings. The first kappa shape index (κ1) is 29.1. The van der Waals surface area contributed by atoms with E-state index in [0.717, 1.165) is 33.8 Å². The topological polar surface area (TPSA) is 123 Å². The smallest absolute Gasteiger partial charge is 0.136 e. The van der Waals surface area contributed by atoms with E-state index in [1.807, 2.05) is 36.4 Å². The summed E-state index contributed by atoms with van der Waals surface area (Å²) in [6, 6.07) is 46.5. The van der Waals surface area contributed by atoms with Crippen LogP contribution in [0.25, 0.3) is 0 Å². The van der Waals surface area contributed by atoms with E-state index in [1.54, 1.807) is 0 Å². The van der Waals surface area contributed by atoms with Crippen molar-refractivity contribution < 1.29 is 9.47 Å². The maximum absolute atomic E-state index is 7.29. The van der Waals surface area contributed by atoms with Crippen molar-refractivity contribution in [2.24, 2.45) is 0 Å². The Labute approximate surface area is 301 Å². The van der Waals surface area contributed by atoms with Gasteiger partial charge in [-0.05, 0) is 68.8 Å². The monoisotopic (exact) mass is 674 g/mol. The van der Waals surface area contributed by atoms with Crippen LogP contribution in [-0.4, -0.2) is 0 Å². The second-order valence-electron chi connectivity index (χ2n) is 14.3. The minimum Gasteiger partial charge on any atom is -0.457 e. The second kappa shape index (κ2) is 10.4. The molecule has 0 aromatic heterocycles. The molecular weight excluding hydrogens is 641 g/mol. The summed E-state index contributed by atoms with van der Waals surface area (Å²) in [5, 5.41) is 0. The molecule has 0 unspecified atom stereocenters. The number of rotatable bonds is 4. The quantitative estimate of drug-likeness (QED) is 0.138. The third kappa shape index (κ3) is 3.78. The molecule has 0 heterocycles. The fraction of sp³-hybridized carbons (Fsp3) is 0.0870. The normalized spacial score (nSPS) is 19.1. The van der Waals surface area contributed by atoms with Gasteiger partial charge in [0.1, 0.15) is 23.0 Å². The van der Waals surface area contributed by atoms with E-state index >= 15 is 0 Å². The standard InChI is InChI=1S/C46H34N4O2/c47-33-19-17-23(21-35(33)49)51-45-41-37-25-9-1-2-10-26(25)38(28-12-4-3-11-27(28)37)42(41)46(52-24-18-20-34(48)36(50)22-24)44-40-31-15-7-5-13-29(31)39(43(44)45)30-14-6-8-16-32(30)40/h1-22,37-40H,47-50H2. The van der Waals surface area contributed by atoms with Gasteiger partial charge < -0.3 is 32.4 Å². The summed E-state index contributed by atoms with van der Waals surface area (Å²) in [5.74, 6) is 2.62. The lowest BCUT2D eigenvalue weighted by Crippen LogP contribution is -2.33. The lowest BCUT2D eigenvalue weighted by Gasteiger charge is -2.48. The zero-order chi connectivity index (χ0) is 34.8. The molecule has 8 N–H and O–H groups in total. The van der Waals surface area contributed by atoms with Crippen molar-refractivity contribution in [3.05, 3.63) is 200 Å². The molecule has 0 radical (unpaired) electrons. The fourth-order valence-electron chi connectivity index (χ4n) is 9.67. The van der Waals surface area contributed by atoms with Gasteiger partial charge >= 0.3 is 0 Å². The maximum atomic E-state index is 7.29. The van der Waals surface area contributed by atoms with Gasteiger partial charge in [0, 0.05) is 58.1 Å². The molecule has 4 bridgehead atoms. The van der Waals surface area contributed by atoms with Gasteiger partial charge in [0.2, 0.25) is 0 Å². The minimum atomic E-state index is -0.0939. The summed E-state index contributed by atoms with van der Waals surface area (Å²) in [5.41, 5.74) is 42.0. The molecule has 0 spiro atoms. The van der Waals surface area contributed by atoms with E-state index in [1.165, 1.54) is 44.5 Å². The van der Waals surface area contributed by atoms with Crippen molar-refractivity contribution in [2.45, 2.75) is 23.7 Å². The zero-order valence-electron chi connectivity index (χ0n) is 28.1. The third-order valence-electron chi connectivity index (χ3n) is 11.7. The number of benzene rings is 7. The predicted octanol–water partition coefficient (Wildman–Crippen LogP) is 9.57. The summed E-state index contributed by atoms with van der Waals surface area (Å²) in [6.45, 7) is 0. The first-order chi connectivity index (χ1) is 25.5. The molecule has 250 valence electrons. The highest BCUT2D eigenvalue weighted by molar-refractivity contribution is 5.83. The molecule has 6 nitrogen and oxygen atoms in total. The van der Waals surface area contributed by atoms with Crippen LogP contribution in [-0.2, 0) is 0 Å². The maximum Gasteiger partial charge on any atom is 0.136 e. The Morgan fingerprint density at radius 1 is 0.308 bits per heavy atom. The molecule has 0 atom stereocenters. The van der Waals surface area contributed by atoms with Crippen LogP contribution in [0, 0.1) is 0 Å². The molecule has 0 saturated carbocycles. The van der Waals surface area contributed by atoms with Gasteiger partial charge in [-0.3, -0.25) is 0 Å². The molecule has 0 aliphatic heterocycles. The fourth-order valence-corrected chi connectivity index (χ4v) is 9.67. The van der Waals surface area contributed by atoms with E-state index in [4.69, 9.17) is 32.4 Å². The van der Waals surface area contributed by atoms with Crippen molar-refractivity contribution >= 4 is 22.7 Å². The zero-order valence-corrected chi connectivity index (χ0v) is 28.1. The number of anilines is 4. The van der Waals surface area contributed by atoms with E-state index in [0.29, 0.717) is 34.2 Å². The summed E-state index contributed by atoms with van der Waals surface area (Å²) >= 11 is 0. The number of hydrogen-bond donors (Lipinski definition) is 4. The highest BCUT2D eigenvalue weighted by Gasteiger charge is 2.52. The van der Waals surface area contributed by atoms with Crippen LogP contribution in [0.2, 0.25) is 0 Å². The van der Waals surface area contributed by atoms with E-state index in [9.17, 15) is 0 Å². The molecule has 7 aromatic carbocycles. The van der Waals surface area contributed by atoms with Gasteiger partial charge in [-0.2, -0.15) is 0 Å². The van der Waals surface area contributed by atoms with Crippen LogP contribution in [0.4, 0.5) is 22.7 Å². The van der Waals surface area contributed by atoms with Crippen LogP contribution in [0.15, 0.2) is 133 Å². The largest absolute Gasteiger partial charge is 0.457 e. The number of hydrogen-bond acceptors (Lipinski definition) is 6. The SMILES string of the molecule is Nc1ccc(Oc2c3c(c(Oc4ccc(N)c(N)c4)c4c2C2c5ccccc5C4c4ccccc42)C2c4ccccc4C3c3ccccc32)cc1N. The average Bonchev–Trinajstić information content (AvgIpc) is 3.18. The number of nitrogens with two attached hydrogens (primary N) is 4. The summed E-state index contributed by atoms with van der Waals surface area (Å²) in [7, 11) is 0. The lowest BCUT2D eigenvalue weighted by molar-refractivity contribution is 0.434. The van der Waals surface area contributed by atoms with Gasteiger partial charge in [-0.1, -0.05) is 97.1 Å². The van der Waals surface area contributed by atoms with Crippen LogP contribution in [0.3, 0.4) is 0 Å². The van der Waals surface area contributed by atoms with E-state index in [-0.39, 0.29) is 23.7 Å². The predicted molar refractivity (Wildman–Crippen MR) is 207 cm³/mol. The summed E-state index contributed by atoms with van der Waals surface area (Å²) in [6.07, 6.45) is 0. The molecular formula is C46H34N4O2. The van der Waals surface area contributed by atoms with Gasteiger partial charge in [0.05, 0.1) is 22.7 Å². The van der Waals surface area contributed by atoms with Gasteiger partial charge in [0.15, 0.2) is 0 Å². The average molecular weight is 675 g/mol. The number of ether oxygens (including phenoxy) is 2. The molecule has 6 aliphatic rings. The Kier molecular flexibility index (Phi) is 5.84. The first-order valence-electron chi connectivity index (χ1n) is 17.7. The van der Waals surface area contributed by atoms with Crippen LogP contribution >= 0.6 is 0 Å². The van der Waals surface area contributed by atoms with Crippen LogP contribution < -0.4 is 32.4 Å². The highest BCUT2D eigenvalue weighted by atomic mass is 16.5. The van der Waals surface area contributed by atoms with Gasteiger partial charge in [0.25, 0.3) is 0 Å². The lowest BCUT2D eigenvalue weighted by atomic mass is 9.55. The second-order valence-corrected chi connectivity index (χ2v) is 14.3. The molecule has 6 aliphatic carbocycles. The van der Waals surface area contributed by atoms with Crippen molar-refractivity contribution in [2.75, 3.05) is 22.9 Å². The van der Waals surface area contributed by atoms with Crippen molar-refractivity contribution in [1.29, 1.82) is 0 Å². The van der Waals surface area contributed by atoms with E-state index in [2.05, 4.69) is 97.1 Å². The molecule has 13 rings (SSSR count). The molecule has 52 heavy (non-hydrogen) atoms. The Morgan fingerprint density at radius 3 is 0.788 bits per heavy atom. The molecule has 6 heteroatoms. The van der Waals surface area contributed by atoms with Crippen molar-refractivity contribution in [3.8, 4) is 23.0 Å². The minimum absolute atomic E-state index is 0.0939. The Bertz CT molecular complexity index is 2280. The van der Waals surface area contributed by atoms with Crippen LogP contribution in [0.5, 0.6) is 23.0 Å². The van der Waals surface area contributed by atoms with E-state index < -0.39 is 0 Å². The number of nitrogen functional groups attached to an aromatic ring is 4. The Hall–Kier alpha value is -6.66. The van der Waals surface area contributed by atoms with Crippen molar-refractivity contribution in [1.82, 2.24) is 0 Å². The summed E-state index contributed by atoms with van der Waals surface area (Å²) < 4.78 is 14.6. The van der Waals surface area contributed by atoms with Crippen LogP contribution in [0.1, 0.15) is 90.4 Å². The Balaban J connectivity index is 1.31. The molecule has 0 fully saturated rings. The Morgan fingerprint density at radius 2 is 0.558 bits per heavy atom. The highest BCUT2D eigenvalue weighted by Crippen LogP contribution is 2.68. The third-order valence-corrected chi connectivity index (χ3v) is 11.7. The summed E-state index contributed by atoms with van der Waals surface area (Å²) in [4.78, 5) is 0. The molecule has 0 amide bonds.